The van der Waals surface area contributed by atoms with Crippen LogP contribution in [0, 0.1) is 5.92 Å². The maximum absolute atomic E-state index is 12.4. The molecule has 0 aliphatic heterocycles. The minimum atomic E-state index is -3.75. The Labute approximate surface area is 125 Å². The quantitative estimate of drug-likeness (QED) is 0.651. The predicted molar refractivity (Wildman–Crippen MR) is 78.0 cm³/mol. The standard InChI is InChI=1S/C13H24N2O5S/c1-4-8-14-12(16)9(2)15-21(18,19)11-7-5-6-10(11)13(17)20-3/h9-11,15H,4-8H2,1-3H3,(H,14,16). The molecule has 0 spiro atoms. The maximum Gasteiger partial charge on any atom is 0.310 e. The molecule has 0 radical (unpaired) electrons. The fraction of sp³-hybridized carbons (Fsp3) is 0.846. The van der Waals surface area contributed by atoms with E-state index in [9.17, 15) is 18.0 Å². The van der Waals surface area contributed by atoms with Crippen LogP contribution in [0.5, 0.6) is 0 Å². The van der Waals surface area contributed by atoms with Crippen LogP contribution in [-0.4, -0.2) is 45.2 Å². The Hall–Kier alpha value is -1.15. The lowest BCUT2D eigenvalue weighted by Gasteiger charge is -2.21. The number of carbonyl (C=O) groups excluding carboxylic acids is 2. The van der Waals surface area contributed by atoms with Gasteiger partial charge in [0.1, 0.15) is 0 Å². The van der Waals surface area contributed by atoms with Gasteiger partial charge in [-0.2, -0.15) is 0 Å². The summed E-state index contributed by atoms with van der Waals surface area (Å²) < 4.78 is 31.7. The zero-order valence-corrected chi connectivity index (χ0v) is 13.5. The topological polar surface area (TPSA) is 102 Å². The van der Waals surface area contributed by atoms with Crippen molar-refractivity contribution < 1.29 is 22.7 Å². The van der Waals surface area contributed by atoms with Crippen molar-refractivity contribution in [2.24, 2.45) is 5.92 Å². The first-order valence-electron chi connectivity index (χ1n) is 7.20. The highest BCUT2D eigenvalue weighted by Crippen LogP contribution is 2.31. The Morgan fingerprint density at radius 1 is 1.33 bits per heavy atom. The Balaban J connectivity index is 2.72. The number of nitrogens with one attached hydrogen (secondary N) is 2. The van der Waals surface area contributed by atoms with Crippen molar-refractivity contribution in [3.05, 3.63) is 0 Å². The minimum absolute atomic E-state index is 0.368. The number of hydrogen-bond acceptors (Lipinski definition) is 5. The largest absolute Gasteiger partial charge is 0.469 e. The number of ether oxygens (including phenoxy) is 1. The highest BCUT2D eigenvalue weighted by atomic mass is 32.2. The van der Waals surface area contributed by atoms with Crippen molar-refractivity contribution in [3.8, 4) is 0 Å². The van der Waals surface area contributed by atoms with Crippen molar-refractivity contribution in [1.82, 2.24) is 10.0 Å². The molecule has 122 valence electrons. The molecule has 8 heteroatoms. The van der Waals surface area contributed by atoms with Gasteiger partial charge in [0.05, 0.1) is 24.3 Å². The van der Waals surface area contributed by atoms with E-state index in [1.165, 1.54) is 14.0 Å². The summed E-state index contributed by atoms with van der Waals surface area (Å²) in [6.45, 7) is 3.90. The van der Waals surface area contributed by atoms with Gasteiger partial charge in [0, 0.05) is 6.54 Å². The summed E-state index contributed by atoms with van der Waals surface area (Å²) in [4.78, 5) is 23.4. The first-order chi connectivity index (χ1) is 9.83. The molecular weight excluding hydrogens is 296 g/mol. The van der Waals surface area contributed by atoms with E-state index in [0.717, 1.165) is 6.42 Å². The van der Waals surface area contributed by atoms with Crippen LogP contribution in [-0.2, 0) is 24.3 Å². The third kappa shape index (κ3) is 4.67. The fourth-order valence-corrected chi connectivity index (χ4v) is 4.44. The molecule has 3 atom stereocenters. The number of amides is 1. The fourth-order valence-electron chi connectivity index (χ4n) is 2.51. The van der Waals surface area contributed by atoms with E-state index in [-0.39, 0.29) is 5.91 Å². The van der Waals surface area contributed by atoms with Crippen LogP contribution in [0.25, 0.3) is 0 Å². The van der Waals surface area contributed by atoms with E-state index in [1.807, 2.05) is 6.92 Å². The third-order valence-electron chi connectivity index (χ3n) is 3.64. The molecule has 0 heterocycles. The summed E-state index contributed by atoms with van der Waals surface area (Å²) in [6, 6.07) is -0.861. The molecule has 21 heavy (non-hydrogen) atoms. The second kappa shape index (κ2) is 7.74. The molecule has 1 aliphatic carbocycles. The van der Waals surface area contributed by atoms with Gasteiger partial charge in [-0.05, 0) is 26.2 Å². The van der Waals surface area contributed by atoms with Crippen LogP contribution in [0.15, 0.2) is 0 Å². The molecule has 7 nitrogen and oxygen atoms in total. The number of hydrogen-bond donors (Lipinski definition) is 2. The summed E-state index contributed by atoms with van der Waals surface area (Å²) in [5, 5.41) is 1.81. The molecule has 3 unspecified atom stereocenters. The predicted octanol–water partition coefficient (Wildman–Crippen LogP) is 0.162. The summed E-state index contributed by atoms with van der Waals surface area (Å²) in [6.07, 6.45) is 2.33. The molecule has 0 aromatic carbocycles. The lowest BCUT2D eigenvalue weighted by molar-refractivity contribution is -0.145. The molecular formula is C13H24N2O5S. The Morgan fingerprint density at radius 2 is 2.00 bits per heavy atom. The van der Waals surface area contributed by atoms with Crippen molar-refractivity contribution in [1.29, 1.82) is 0 Å². The molecule has 0 aromatic rings. The van der Waals surface area contributed by atoms with Crippen LogP contribution in [0.4, 0.5) is 0 Å². The van der Waals surface area contributed by atoms with Gasteiger partial charge in [-0.1, -0.05) is 13.3 Å². The summed E-state index contributed by atoms with van der Waals surface area (Å²) in [5.74, 6) is -1.53. The van der Waals surface area contributed by atoms with Gasteiger partial charge in [-0.15, -0.1) is 0 Å². The maximum atomic E-state index is 12.4. The average Bonchev–Trinajstić information content (AvgIpc) is 2.93. The number of rotatable bonds is 7. The van der Waals surface area contributed by atoms with Crippen molar-refractivity contribution in [3.63, 3.8) is 0 Å². The number of sulfonamides is 1. The van der Waals surface area contributed by atoms with Gasteiger partial charge in [0.15, 0.2) is 0 Å². The van der Waals surface area contributed by atoms with Gasteiger partial charge in [-0.25, -0.2) is 13.1 Å². The van der Waals surface area contributed by atoms with Crippen molar-refractivity contribution in [2.45, 2.75) is 50.8 Å². The smallest absolute Gasteiger partial charge is 0.310 e. The molecule has 2 N–H and O–H groups in total. The monoisotopic (exact) mass is 320 g/mol. The van der Waals surface area contributed by atoms with Crippen LogP contribution < -0.4 is 10.0 Å². The number of carbonyl (C=O) groups is 2. The molecule has 0 aromatic heterocycles. The van der Waals surface area contributed by atoms with Crippen molar-refractivity contribution in [2.75, 3.05) is 13.7 Å². The normalized spacial score (nSPS) is 23.6. The minimum Gasteiger partial charge on any atom is -0.469 e. The Morgan fingerprint density at radius 3 is 2.57 bits per heavy atom. The molecule has 0 bridgehead atoms. The zero-order valence-electron chi connectivity index (χ0n) is 12.7. The van der Waals surface area contributed by atoms with Crippen molar-refractivity contribution >= 4 is 21.9 Å². The van der Waals surface area contributed by atoms with E-state index in [2.05, 4.69) is 14.8 Å². The molecule has 0 saturated heterocycles. The summed E-state index contributed by atoms with van der Waals surface area (Å²) in [7, 11) is -2.50. The van der Waals surface area contributed by atoms with Gasteiger partial charge < -0.3 is 10.1 Å². The molecule has 1 fully saturated rings. The SMILES string of the molecule is CCCNC(=O)C(C)NS(=O)(=O)C1CCCC1C(=O)OC. The highest BCUT2D eigenvalue weighted by molar-refractivity contribution is 7.90. The van der Waals surface area contributed by atoms with E-state index in [1.54, 1.807) is 0 Å². The lowest BCUT2D eigenvalue weighted by Crippen LogP contribution is -2.49. The Kier molecular flexibility index (Phi) is 6.60. The second-order valence-electron chi connectivity index (χ2n) is 5.27. The van der Waals surface area contributed by atoms with Gasteiger partial charge in [0.2, 0.25) is 15.9 Å². The average molecular weight is 320 g/mol. The van der Waals surface area contributed by atoms with Crippen LogP contribution in [0.2, 0.25) is 0 Å². The first kappa shape index (κ1) is 17.9. The van der Waals surface area contributed by atoms with Gasteiger partial charge in [-0.3, -0.25) is 9.59 Å². The van der Waals surface area contributed by atoms with Gasteiger partial charge in [0.25, 0.3) is 0 Å². The highest BCUT2D eigenvalue weighted by Gasteiger charge is 2.43. The molecule has 1 amide bonds. The molecule has 1 aliphatic rings. The van der Waals surface area contributed by atoms with Crippen LogP contribution in [0.1, 0.15) is 39.5 Å². The number of esters is 1. The van der Waals surface area contributed by atoms with E-state index >= 15 is 0 Å². The zero-order chi connectivity index (χ0) is 16.0. The summed E-state index contributed by atoms with van der Waals surface area (Å²) >= 11 is 0. The Bertz CT molecular complexity index is 477. The molecule has 1 saturated carbocycles. The molecule has 1 rings (SSSR count). The number of methoxy groups -OCH3 is 1. The van der Waals surface area contributed by atoms with Gasteiger partial charge >= 0.3 is 5.97 Å². The van der Waals surface area contributed by atoms with E-state index in [0.29, 0.717) is 25.8 Å². The van der Waals surface area contributed by atoms with Crippen LogP contribution >= 0.6 is 0 Å². The third-order valence-corrected chi connectivity index (χ3v) is 5.68. The first-order valence-corrected chi connectivity index (χ1v) is 8.74. The van der Waals surface area contributed by atoms with Crippen LogP contribution in [0.3, 0.4) is 0 Å². The summed E-state index contributed by atoms with van der Waals surface area (Å²) in [5.41, 5.74) is 0. The van der Waals surface area contributed by atoms with E-state index < -0.39 is 33.2 Å². The second-order valence-corrected chi connectivity index (χ2v) is 7.21. The van der Waals surface area contributed by atoms with E-state index in [4.69, 9.17) is 0 Å². The lowest BCUT2D eigenvalue weighted by atomic mass is 10.1.